The highest BCUT2D eigenvalue weighted by Crippen LogP contribution is 2.41. The zero-order valence-corrected chi connectivity index (χ0v) is 12.3. The summed E-state index contributed by atoms with van der Waals surface area (Å²) in [6, 6.07) is 5.55. The van der Waals surface area contributed by atoms with Gasteiger partial charge in [0.05, 0.1) is 12.8 Å². The van der Waals surface area contributed by atoms with E-state index in [9.17, 15) is 0 Å². The first-order valence-corrected chi connectivity index (χ1v) is 6.40. The Morgan fingerprint density at radius 1 is 1.26 bits per heavy atom. The summed E-state index contributed by atoms with van der Waals surface area (Å²) < 4.78 is 5.57. The van der Waals surface area contributed by atoms with Crippen LogP contribution in [0.25, 0.3) is 11.3 Å². The van der Waals surface area contributed by atoms with Crippen LogP contribution in [0.5, 0.6) is 5.75 Å². The normalized spacial score (nSPS) is 11.6. The molecule has 0 fully saturated rings. The maximum atomic E-state index is 6.22. The fourth-order valence-corrected chi connectivity index (χ4v) is 2.26. The second kappa shape index (κ2) is 4.78. The van der Waals surface area contributed by atoms with Crippen LogP contribution in [0.1, 0.15) is 26.3 Å². The van der Waals surface area contributed by atoms with Crippen LogP contribution in [-0.2, 0) is 5.41 Å². The molecule has 0 aliphatic rings. The van der Waals surface area contributed by atoms with Gasteiger partial charge in [0.15, 0.2) is 0 Å². The Balaban J connectivity index is 2.70. The maximum Gasteiger partial charge on any atom is 0.145 e. The molecule has 2 rings (SSSR count). The molecule has 3 N–H and O–H groups in total. The van der Waals surface area contributed by atoms with Crippen molar-refractivity contribution in [1.82, 2.24) is 10.2 Å². The number of methoxy groups -OCH3 is 1. The Labute approximate surface area is 117 Å². The number of benzene rings is 1. The number of aromatic amines is 1. The number of anilines is 1. The van der Waals surface area contributed by atoms with Crippen LogP contribution in [0.4, 0.5) is 5.82 Å². The minimum absolute atomic E-state index is 0.0729. The van der Waals surface area contributed by atoms with Gasteiger partial charge in [-0.15, -0.1) is 0 Å². The predicted octanol–water partition coefficient (Wildman–Crippen LogP) is 3.62. The summed E-state index contributed by atoms with van der Waals surface area (Å²) in [5, 5.41) is 7.49. The van der Waals surface area contributed by atoms with Crippen LogP contribution in [0, 0.1) is 0 Å². The largest absolute Gasteiger partial charge is 0.496 e. The van der Waals surface area contributed by atoms with Crippen LogP contribution >= 0.6 is 11.6 Å². The summed E-state index contributed by atoms with van der Waals surface area (Å²) in [7, 11) is 1.65. The van der Waals surface area contributed by atoms with Crippen molar-refractivity contribution in [2.45, 2.75) is 26.2 Å². The molecule has 0 aliphatic heterocycles. The summed E-state index contributed by atoms with van der Waals surface area (Å²) in [4.78, 5) is 0. The highest BCUT2D eigenvalue weighted by Gasteiger charge is 2.23. The molecule has 1 aromatic carbocycles. The zero-order chi connectivity index (χ0) is 14.2. The van der Waals surface area contributed by atoms with E-state index >= 15 is 0 Å². The summed E-state index contributed by atoms with van der Waals surface area (Å²) in [6.07, 6.45) is 0. The van der Waals surface area contributed by atoms with Crippen molar-refractivity contribution in [3.8, 4) is 17.0 Å². The number of rotatable bonds is 2. The second-order valence-electron chi connectivity index (χ2n) is 5.49. The van der Waals surface area contributed by atoms with Gasteiger partial charge in [0, 0.05) is 22.2 Å². The average Bonchev–Trinajstić information content (AvgIpc) is 2.73. The van der Waals surface area contributed by atoms with Crippen molar-refractivity contribution in [1.29, 1.82) is 0 Å². The Morgan fingerprint density at radius 3 is 2.42 bits per heavy atom. The summed E-state index contributed by atoms with van der Waals surface area (Å²) >= 11 is 6.22. The minimum Gasteiger partial charge on any atom is -0.496 e. The molecule has 1 aromatic heterocycles. The number of nitrogen functional groups attached to an aromatic ring is 1. The molecule has 102 valence electrons. The van der Waals surface area contributed by atoms with Crippen LogP contribution in [0.2, 0.25) is 5.02 Å². The van der Waals surface area contributed by atoms with Crippen molar-refractivity contribution >= 4 is 17.4 Å². The molecular formula is C14H18ClN3O. The Bertz CT molecular complexity index is 599. The fourth-order valence-electron chi connectivity index (χ4n) is 2.05. The number of H-pyrrole nitrogens is 1. The van der Waals surface area contributed by atoms with Gasteiger partial charge in [-0.2, -0.15) is 5.10 Å². The number of hydrogen-bond acceptors (Lipinski definition) is 3. The van der Waals surface area contributed by atoms with E-state index in [0.717, 1.165) is 22.6 Å². The van der Waals surface area contributed by atoms with Gasteiger partial charge in [-0.05, 0) is 17.5 Å². The molecule has 0 aliphatic carbocycles. The zero-order valence-electron chi connectivity index (χ0n) is 11.5. The quantitative estimate of drug-likeness (QED) is 0.882. The van der Waals surface area contributed by atoms with E-state index in [0.29, 0.717) is 10.8 Å². The SMILES string of the molecule is COc1c(-c2cc(N)n[nH]2)cc(Cl)cc1C(C)(C)C. The third-order valence-corrected chi connectivity index (χ3v) is 3.17. The molecule has 2 aromatic rings. The van der Waals surface area contributed by atoms with E-state index in [2.05, 4.69) is 31.0 Å². The van der Waals surface area contributed by atoms with Crippen LogP contribution in [-0.4, -0.2) is 17.3 Å². The van der Waals surface area contributed by atoms with Gasteiger partial charge in [0.25, 0.3) is 0 Å². The molecule has 4 nitrogen and oxygen atoms in total. The molecule has 1 heterocycles. The van der Waals surface area contributed by atoms with Gasteiger partial charge in [-0.1, -0.05) is 32.4 Å². The summed E-state index contributed by atoms with van der Waals surface area (Å²) in [5.74, 6) is 1.23. The van der Waals surface area contributed by atoms with E-state index in [1.165, 1.54) is 0 Å². The standard InChI is InChI=1S/C14H18ClN3O/c1-14(2,3)10-6-8(15)5-9(13(10)19-4)11-7-12(16)18-17-11/h5-7H,1-4H3,(H3,16,17,18). The highest BCUT2D eigenvalue weighted by atomic mass is 35.5. The lowest BCUT2D eigenvalue weighted by atomic mass is 9.85. The molecule has 5 heteroatoms. The lowest BCUT2D eigenvalue weighted by molar-refractivity contribution is 0.399. The number of nitrogens with zero attached hydrogens (tertiary/aromatic N) is 1. The van der Waals surface area contributed by atoms with Crippen molar-refractivity contribution in [3.63, 3.8) is 0 Å². The molecule has 0 saturated heterocycles. The van der Waals surface area contributed by atoms with E-state index in [-0.39, 0.29) is 5.41 Å². The Kier molecular flexibility index (Phi) is 3.45. The molecular weight excluding hydrogens is 262 g/mol. The molecule has 0 bridgehead atoms. The highest BCUT2D eigenvalue weighted by molar-refractivity contribution is 6.31. The molecule has 0 unspecified atom stereocenters. The third kappa shape index (κ3) is 2.68. The first kappa shape index (κ1) is 13.7. The summed E-state index contributed by atoms with van der Waals surface area (Å²) in [5.41, 5.74) is 8.29. The van der Waals surface area contributed by atoms with Gasteiger partial charge in [0.2, 0.25) is 0 Å². The first-order valence-electron chi connectivity index (χ1n) is 6.02. The average molecular weight is 280 g/mol. The molecule has 0 spiro atoms. The second-order valence-corrected chi connectivity index (χ2v) is 5.93. The summed E-state index contributed by atoms with van der Waals surface area (Å²) in [6.45, 7) is 6.35. The Morgan fingerprint density at radius 2 is 1.95 bits per heavy atom. The van der Waals surface area contributed by atoms with Crippen molar-refractivity contribution < 1.29 is 4.74 Å². The van der Waals surface area contributed by atoms with E-state index < -0.39 is 0 Å². The van der Waals surface area contributed by atoms with Gasteiger partial charge in [-0.25, -0.2) is 0 Å². The van der Waals surface area contributed by atoms with Crippen molar-refractivity contribution in [3.05, 3.63) is 28.8 Å². The van der Waals surface area contributed by atoms with Crippen LogP contribution in [0.3, 0.4) is 0 Å². The molecule has 0 amide bonds. The van der Waals surface area contributed by atoms with Gasteiger partial charge in [-0.3, -0.25) is 5.10 Å². The monoisotopic (exact) mass is 279 g/mol. The van der Waals surface area contributed by atoms with Crippen LogP contribution < -0.4 is 10.5 Å². The van der Waals surface area contributed by atoms with Crippen LogP contribution in [0.15, 0.2) is 18.2 Å². The molecule has 0 saturated carbocycles. The topological polar surface area (TPSA) is 63.9 Å². The molecule has 19 heavy (non-hydrogen) atoms. The lowest BCUT2D eigenvalue weighted by Gasteiger charge is -2.24. The van der Waals surface area contributed by atoms with Gasteiger partial charge >= 0.3 is 0 Å². The van der Waals surface area contributed by atoms with E-state index in [1.807, 2.05) is 12.1 Å². The lowest BCUT2D eigenvalue weighted by Crippen LogP contribution is -2.13. The molecule has 0 radical (unpaired) electrons. The number of halogens is 1. The number of aromatic nitrogens is 2. The first-order chi connectivity index (χ1) is 8.82. The van der Waals surface area contributed by atoms with E-state index in [4.69, 9.17) is 22.1 Å². The number of ether oxygens (including phenoxy) is 1. The number of nitrogens with one attached hydrogen (secondary N) is 1. The van der Waals surface area contributed by atoms with Crippen molar-refractivity contribution in [2.24, 2.45) is 0 Å². The van der Waals surface area contributed by atoms with Gasteiger partial charge < -0.3 is 10.5 Å². The maximum absolute atomic E-state index is 6.22. The number of hydrogen-bond donors (Lipinski definition) is 2. The third-order valence-electron chi connectivity index (χ3n) is 2.95. The Hall–Kier alpha value is -1.68. The molecule has 0 atom stereocenters. The smallest absolute Gasteiger partial charge is 0.145 e. The fraction of sp³-hybridized carbons (Fsp3) is 0.357. The minimum atomic E-state index is -0.0729. The predicted molar refractivity (Wildman–Crippen MR) is 78.7 cm³/mol. The van der Waals surface area contributed by atoms with Gasteiger partial charge in [0.1, 0.15) is 11.6 Å². The van der Waals surface area contributed by atoms with E-state index in [1.54, 1.807) is 13.2 Å². The number of nitrogens with two attached hydrogens (primary N) is 1. The van der Waals surface area contributed by atoms with Crippen molar-refractivity contribution in [2.75, 3.05) is 12.8 Å².